The fourth-order valence-electron chi connectivity index (χ4n) is 0.757. The summed E-state index contributed by atoms with van der Waals surface area (Å²) >= 11 is 0. The van der Waals surface area contributed by atoms with Crippen molar-refractivity contribution >= 4 is 11.9 Å². The highest BCUT2D eigenvalue weighted by Gasteiger charge is 2.05. The number of pyridine rings is 1. The number of aromatic hydroxyl groups is 1. The Morgan fingerprint density at radius 2 is 2.54 bits per heavy atom. The van der Waals surface area contributed by atoms with E-state index in [4.69, 9.17) is 0 Å². The van der Waals surface area contributed by atoms with Crippen molar-refractivity contribution in [2.75, 3.05) is 11.9 Å². The first-order chi connectivity index (χ1) is 6.24. The molecular formula is C8H10N2O3. The summed E-state index contributed by atoms with van der Waals surface area (Å²) < 4.78 is 4.60. The van der Waals surface area contributed by atoms with Gasteiger partial charge in [-0.15, -0.1) is 0 Å². The molecule has 0 aliphatic rings. The smallest absolute Gasteiger partial charge is 0.412 e. The normalized spacial score (nSPS) is 9.31. The zero-order valence-corrected chi connectivity index (χ0v) is 7.15. The van der Waals surface area contributed by atoms with Crippen LogP contribution in [0, 0.1) is 0 Å². The van der Waals surface area contributed by atoms with Gasteiger partial charge in [-0.3, -0.25) is 5.32 Å². The third-order valence-electron chi connectivity index (χ3n) is 1.28. The molecule has 0 spiro atoms. The lowest BCUT2D eigenvalue weighted by molar-refractivity contribution is 0.167. The molecule has 2 N–H and O–H groups in total. The molecule has 0 radical (unpaired) electrons. The molecule has 0 atom stereocenters. The van der Waals surface area contributed by atoms with E-state index in [1.54, 1.807) is 13.0 Å². The van der Waals surface area contributed by atoms with Crippen LogP contribution in [-0.2, 0) is 4.74 Å². The van der Waals surface area contributed by atoms with Gasteiger partial charge in [0.2, 0.25) is 0 Å². The van der Waals surface area contributed by atoms with Crippen molar-refractivity contribution in [3.63, 3.8) is 0 Å². The van der Waals surface area contributed by atoms with Crippen molar-refractivity contribution in [2.45, 2.75) is 6.92 Å². The number of hydrogen-bond acceptors (Lipinski definition) is 4. The molecule has 5 nitrogen and oxygen atoms in total. The van der Waals surface area contributed by atoms with E-state index in [1.165, 1.54) is 12.3 Å². The Morgan fingerprint density at radius 3 is 3.15 bits per heavy atom. The van der Waals surface area contributed by atoms with Crippen molar-refractivity contribution in [1.82, 2.24) is 4.98 Å². The molecule has 0 saturated carbocycles. The zero-order chi connectivity index (χ0) is 9.68. The molecule has 1 aromatic rings. The SMILES string of the molecule is CCOC(=O)Nc1ncccc1O. The molecule has 1 amide bonds. The van der Waals surface area contributed by atoms with Gasteiger partial charge < -0.3 is 9.84 Å². The quantitative estimate of drug-likeness (QED) is 0.724. The van der Waals surface area contributed by atoms with Crippen LogP contribution in [0.2, 0.25) is 0 Å². The van der Waals surface area contributed by atoms with Gasteiger partial charge in [0.25, 0.3) is 0 Å². The number of nitrogens with zero attached hydrogens (tertiary/aromatic N) is 1. The van der Waals surface area contributed by atoms with Crippen LogP contribution >= 0.6 is 0 Å². The van der Waals surface area contributed by atoms with Crippen LogP contribution in [0.3, 0.4) is 0 Å². The lowest BCUT2D eigenvalue weighted by Gasteiger charge is -2.04. The fourth-order valence-corrected chi connectivity index (χ4v) is 0.757. The van der Waals surface area contributed by atoms with Crippen molar-refractivity contribution in [3.05, 3.63) is 18.3 Å². The van der Waals surface area contributed by atoms with Crippen LogP contribution in [0.5, 0.6) is 5.75 Å². The van der Waals surface area contributed by atoms with E-state index in [1.807, 2.05) is 0 Å². The van der Waals surface area contributed by atoms with E-state index in [9.17, 15) is 9.90 Å². The third-order valence-corrected chi connectivity index (χ3v) is 1.28. The summed E-state index contributed by atoms with van der Waals surface area (Å²) in [6, 6.07) is 2.99. The Bertz CT molecular complexity index is 301. The van der Waals surface area contributed by atoms with Crippen LogP contribution in [-0.4, -0.2) is 22.8 Å². The van der Waals surface area contributed by atoms with E-state index >= 15 is 0 Å². The molecule has 1 rings (SSSR count). The van der Waals surface area contributed by atoms with Gasteiger partial charge in [0.05, 0.1) is 6.61 Å². The van der Waals surface area contributed by atoms with Crippen molar-refractivity contribution in [2.24, 2.45) is 0 Å². The van der Waals surface area contributed by atoms with E-state index < -0.39 is 6.09 Å². The lowest BCUT2D eigenvalue weighted by Crippen LogP contribution is -2.14. The number of carbonyl (C=O) groups excluding carboxylic acids is 1. The van der Waals surface area contributed by atoms with Gasteiger partial charge in [0, 0.05) is 6.20 Å². The molecule has 0 fully saturated rings. The number of carbonyl (C=O) groups is 1. The monoisotopic (exact) mass is 182 g/mol. The van der Waals surface area contributed by atoms with Crippen LogP contribution in [0.1, 0.15) is 6.92 Å². The highest BCUT2D eigenvalue weighted by atomic mass is 16.5. The molecule has 0 aromatic carbocycles. The molecule has 13 heavy (non-hydrogen) atoms. The van der Waals surface area contributed by atoms with Crippen LogP contribution in [0.25, 0.3) is 0 Å². The largest absolute Gasteiger partial charge is 0.504 e. The zero-order valence-electron chi connectivity index (χ0n) is 7.15. The van der Waals surface area contributed by atoms with Gasteiger partial charge in [-0.2, -0.15) is 0 Å². The van der Waals surface area contributed by atoms with E-state index in [2.05, 4.69) is 15.0 Å². The average molecular weight is 182 g/mol. The van der Waals surface area contributed by atoms with Crippen molar-refractivity contribution < 1.29 is 14.6 Å². The summed E-state index contributed by atoms with van der Waals surface area (Å²) in [6.45, 7) is 1.97. The van der Waals surface area contributed by atoms with Gasteiger partial charge in [0.1, 0.15) is 0 Å². The first-order valence-corrected chi connectivity index (χ1v) is 3.81. The highest BCUT2D eigenvalue weighted by molar-refractivity contribution is 5.84. The number of nitrogens with one attached hydrogen (secondary N) is 1. The van der Waals surface area contributed by atoms with Crippen molar-refractivity contribution in [3.8, 4) is 5.75 Å². The molecular weight excluding hydrogens is 172 g/mol. The highest BCUT2D eigenvalue weighted by Crippen LogP contribution is 2.17. The molecule has 5 heteroatoms. The third kappa shape index (κ3) is 2.62. The van der Waals surface area contributed by atoms with Crippen LogP contribution < -0.4 is 5.32 Å². The van der Waals surface area contributed by atoms with E-state index in [0.717, 1.165) is 0 Å². The number of rotatable bonds is 2. The number of ether oxygens (including phenoxy) is 1. The summed E-state index contributed by atoms with van der Waals surface area (Å²) in [7, 11) is 0. The predicted molar refractivity (Wildman–Crippen MR) is 46.5 cm³/mol. The molecule has 0 aliphatic carbocycles. The second kappa shape index (κ2) is 4.30. The minimum Gasteiger partial charge on any atom is -0.504 e. The Labute approximate surface area is 75.4 Å². The first-order valence-electron chi connectivity index (χ1n) is 3.81. The molecule has 1 heterocycles. The summed E-state index contributed by atoms with van der Waals surface area (Å²) in [5.41, 5.74) is 0. The maximum atomic E-state index is 10.9. The maximum absolute atomic E-state index is 10.9. The average Bonchev–Trinajstić information content (AvgIpc) is 2.09. The van der Waals surface area contributed by atoms with Crippen molar-refractivity contribution in [1.29, 1.82) is 0 Å². The Morgan fingerprint density at radius 1 is 1.77 bits per heavy atom. The van der Waals surface area contributed by atoms with E-state index in [0.29, 0.717) is 0 Å². The molecule has 0 unspecified atom stereocenters. The Kier molecular flexibility index (Phi) is 3.08. The summed E-state index contributed by atoms with van der Waals surface area (Å²) in [6.07, 6.45) is 0.831. The summed E-state index contributed by atoms with van der Waals surface area (Å²) in [5, 5.41) is 11.5. The standard InChI is InChI=1S/C8H10N2O3/c1-2-13-8(12)10-7-6(11)4-3-5-9-7/h3-5,11H,2H2,1H3,(H,9,10,12). The summed E-state index contributed by atoms with van der Waals surface area (Å²) in [5.74, 6) is 0.0107. The minimum atomic E-state index is -0.628. The Balaban J connectivity index is 2.63. The van der Waals surface area contributed by atoms with Crippen LogP contribution in [0.15, 0.2) is 18.3 Å². The van der Waals surface area contributed by atoms with Crippen LogP contribution in [0.4, 0.5) is 10.6 Å². The van der Waals surface area contributed by atoms with Gasteiger partial charge in [-0.1, -0.05) is 0 Å². The van der Waals surface area contributed by atoms with Gasteiger partial charge in [0.15, 0.2) is 11.6 Å². The topological polar surface area (TPSA) is 71.5 Å². The molecule has 0 bridgehead atoms. The Hall–Kier alpha value is -1.78. The second-order valence-electron chi connectivity index (χ2n) is 2.22. The molecule has 0 saturated heterocycles. The number of hydrogen-bond donors (Lipinski definition) is 2. The lowest BCUT2D eigenvalue weighted by atomic mass is 10.4. The van der Waals surface area contributed by atoms with Gasteiger partial charge in [-0.25, -0.2) is 9.78 Å². The first kappa shape index (κ1) is 9.31. The maximum Gasteiger partial charge on any atom is 0.412 e. The van der Waals surface area contributed by atoms with Gasteiger partial charge in [-0.05, 0) is 19.1 Å². The molecule has 0 aliphatic heterocycles. The minimum absolute atomic E-state index is 0.0875. The predicted octanol–water partition coefficient (Wildman–Crippen LogP) is 1.36. The molecule has 1 aromatic heterocycles. The van der Waals surface area contributed by atoms with Gasteiger partial charge >= 0.3 is 6.09 Å². The van der Waals surface area contributed by atoms with E-state index in [-0.39, 0.29) is 18.2 Å². The number of aromatic nitrogens is 1. The number of amides is 1. The number of anilines is 1. The fraction of sp³-hybridized carbons (Fsp3) is 0.250. The summed E-state index contributed by atoms with van der Waals surface area (Å²) in [4.78, 5) is 14.6. The molecule has 70 valence electrons. The second-order valence-corrected chi connectivity index (χ2v) is 2.22.